The zero-order valence-corrected chi connectivity index (χ0v) is 7.93. The molecular formula is C6H9IN2. The quantitative estimate of drug-likeness (QED) is 0.626. The third-order valence-corrected chi connectivity index (χ3v) is 2.57. The van der Waals surface area contributed by atoms with Crippen LogP contribution in [0, 0.1) is 17.5 Å². The summed E-state index contributed by atoms with van der Waals surface area (Å²) in [4.78, 5) is 4.26. The summed E-state index contributed by atoms with van der Waals surface area (Å²) in [6, 6.07) is 0. The van der Waals surface area contributed by atoms with Crippen molar-refractivity contribution in [3.8, 4) is 0 Å². The van der Waals surface area contributed by atoms with Crippen LogP contribution in [0.3, 0.4) is 0 Å². The van der Waals surface area contributed by atoms with Crippen LogP contribution in [0.1, 0.15) is 11.5 Å². The molecule has 2 nitrogen and oxygen atoms in total. The van der Waals surface area contributed by atoms with Crippen molar-refractivity contribution in [2.24, 2.45) is 7.05 Å². The van der Waals surface area contributed by atoms with Gasteiger partial charge in [0.15, 0.2) is 0 Å². The summed E-state index contributed by atoms with van der Waals surface area (Å²) in [6.45, 7) is 4.08. The van der Waals surface area contributed by atoms with Gasteiger partial charge in [-0.2, -0.15) is 0 Å². The van der Waals surface area contributed by atoms with E-state index in [1.165, 1.54) is 5.69 Å². The van der Waals surface area contributed by atoms with E-state index in [0.717, 1.165) is 9.53 Å². The molecule has 0 aliphatic carbocycles. The molecule has 0 aromatic carbocycles. The highest BCUT2D eigenvalue weighted by Crippen LogP contribution is 2.09. The first-order valence-corrected chi connectivity index (χ1v) is 3.86. The molecule has 0 saturated heterocycles. The van der Waals surface area contributed by atoms with Crippen LogP contribution in [0.25, 0.3) is 0 Å². The van der Waals surface area contributed by atoms with E-state index in [4.69, 9.17) is 0 Å². The van der Waals surface area contributed by atoms with Crippen LogP contribution in [0.15, 0.2) is 0 Å². The number of aryl methyl sites for hydroxylation is 1. The van der Waals surface area contributed by atoms with Crippen molar-refractivity contribution in [1.29, 1.82) is 0 Å². The third-order valence-electron chi connectivity index (χ3n) is 1.55. The van der Waals surface area contributed by atoms with Gasteiger partial charge in [-0.1, -0.05) is 0 Å². The monoisotopic (exact) mass is 236 g/mol. The number of hydrogen-bond donors (Lipinski definition) is 0. The van der Waals surface area contributed by atoms with Crippen molar-refractivity contribution in [3.63, 3.8) is 0 Å². The molecule has 0 unspecified atom stereocenters. The van der Waals surface area contributed by atoms with Gasteiger partial charge in [0.05, 0.1) is 0 Å². The van der Waals surface area contributed by atoms with Crippen molar-refractivity contribution in [2.45, 2.75) is 13.8 Å². The molecule has 0 N–H and O–H groups in total. The van der Waals surface area contributed by atoms with E-state index in [0.29, 0.717) is 0 Å². The summed E-state index contributed by atoms with van der Waals surface area (Å²) in [5, 5.41) is 0. The SMILES string of the molecule is Cc1nc(I)c(C)n1C. The maximum atomic E-state index is 4.26. The Balaban J connectivity index is 3.29. The van der Waals surface area contributed by atoms with Gasteiger partial charge >= 0.3 is 0 Å². The van der Waals surface area contributed by atoms with Crippen LogP contribution in [0.2, 0.25) is 0 Å². The van der Waals surface area contributed by atoms with Crippen LogP contribution in [-0.4, -0.2) is 9.55 Å². The number of halogens is 1. The molecule has 1 aromatic rings. The fourth-order valence-electron chi connectivity index (χ4n) is 0.679. The summed E-state index contributed by atoms with van der Waals surface area (Å²) in [5.74, 6) is 1.08. The van der Waals surface area contributed by atoms with Crippen LogP contribution in [0.4, 0.5) is 0 Å². The standard InChI is InChI=1S/C6H9IN2/c1-4-6(7)8-5(2)9(4)3/h1-3H3. The molecule has 0 aliphatic rings. The van der Waals surface area contributed by atoms with Gasteiger partial charge in [-0.15, -0.1) is 0 Å². The maximum Gasteiger partial charge on any atom is 0.122 e. The Morgan fingerprint density at radius 2 is 2.00 bits per heavy atom. The lowest BCUT2D eigenvalue weighted by molar-refractivity contribution is 0.827. The van der Waals surface area contributed by atoms with E-state index in [-0.39, 0.29) is 0 Å². The van der Waals surface area contributed by atoms with Crippen LogP contribution < -0.4 is 0 Å². The zero-order valence-electron chi connectivity index (χ0n) is 5.77. The molecule has 0 saturated carbocycles. The molecule has 1 heterocycles. The molecule has 0 amide bonds. The van der Waals surface area contributed by atoms with E-state index in [1.807, 2.05) is 14.0 Å². The normalized spacial score (nSPS) is 10.2. The van der Waals surface area contributed by atoms with E-state index < -0.39 is 0 Å². The minimum atomic E-state index is 1.08. The Labute approximate surface area is 68.4 Å². The van der Waals surface area contributed by atoms with Gasteiger partial charge < -0.3 is 4.57 Å². The largest absolute Gasteiger partial charge is 0.335 e. The van der Waals surface area contributed by atoms with Gasteiger partial charge in [-0.3, -0.25) is 0 Å². The highest BCUT2D eigenvalue weighted by molar-refractivity contribution is 14.1. The maximum absolute atomic E-state index is 4.26. The van der Waals surface area contributed by atoms with Crippen LogP contribution >= 0.6 is 22.6 Å². The lowest BCUT2D eigenvalue weighted by Crippen LogP contribution is -1.92. The van der Waals surface area contributed by atoms with Gasteiger partial charge in [0.25, 0.3) is 0 Å². The summed E-state index contributed by atoms with van der Waals surface area (Å²) in [7, 11) is 2.03. The Hall–Kier alpha value is -0.0600. The molecule has 50 valence electrons. The lowest BCUT2D eigenvalue weighted by Gasteiger charge is -1.94. The Kier molecular flexibility index (Phi) is 1.79. The minimum Gasteiger partial charge on any atom is -0.335 e. The van der Waals surface area contributed by atoms with E-state index in [9.17, 15) is 0 Å². The van der Waals surface area contributed by atoms with Gasteiger partial charge in [-0.05, 0) is 36.4 Å². The highest BCUT2D eigenvalue weighted by atomic mass is 127. The van der Waals surface area contributed by atoms with Crippen LogP contribution in [-0.2, 0) is 7.05 Å². The predicted molar refractivity (Wildman–Crippen MR) is 45.4 cm³/mol. The van der Waals surface area contributed by atoms with Crippen molar-refractivity contribution in [3.05, 3.63) is 15.2 Å². The van der Waals surface area contributed by atoms with Crippen molar-refractivity contribution < 1.29 is 0 Å². The summed E-state index contributed by atoms with van der Waals surface area (Å²) in [6.07, 6.45) is 0. The molecule has 3 heteroatoms. The first kappa shape index (κ1) is 7.05. The fourth-order valence-corrected chi connectivity index (χ4v) is 1.39. The van der Waals surface area contributed by atoms with Crippen molar-refractivity contribution in [2.75, 3.05) is 0 Å². The van der Waals surface area contributed by atoms with Crippen LogP contribution in [0.5, 0.6) is 0 Å². The summed E-state index contributed by atoms with van der Waals surface area (Å²) >= 11 is 2.24. The molecule has 0 fully saturated rings. The van der Waals surface area contributed by atoms with Gasteiger partial charge in [0, 0.05) is 12.7 Å². The predicted octanol–water partition coefficient (Wildman–Crippen LogP) is 1.64. The lowest BCUT2D eigenvalue weighted by atomic mass is 10.5. The first-order chi connectivity index (χ1) is 4.13. The molecular weight excluding hydrogens is 227 g/mol. The number of rotatable bonds is 0. The molecule has 0 aliphatic heterocycles. The van der Waals surface area contributed by atoms with Gasteiger partial charge in [0.1, 0.15) is 9.53 Å². The second-order valence-electron chi connectivity index (χ2n) is 2.09. The number of nitrogens with zero attached hydrogens (tertiary/aromatic N) is 2. The second kappa shape index (κ2) is 2.28. The average Bonchev–Trinajstić information content (AvgIpc) is 1.98. The second-order valence-corrected chi connectivity index (χ2v) is 3.12. The Morgan fingerprint density at radius 3 is 2.11 bits per heavy atom. The Bertz CT molecular complexity index is 205. The highest BCUT2D eigenvalue weighted by Gasteiger charge is 2.02. The first-order valence-electron chi connectivity index (χ1n) is 2.78. The van der Waals surface area contributed by atoms with E-state index in [1.54, 1.807) is 0 Å². The number of imidazole rings is 1. The topological polar surface area (TPSA) is 17.8 Å². The molecule has 9 heavy (non-hydrogen) atoms. The summed E-state index contributed by atoms with van der Waals surface area (Å²) < 4.78 is 3.19. The van der Waals surface area contributed by atoms with E-state index >= 15 is 0 Å². The van der Waals surface area contributed by atoms with Crippen molar-refractivity contribution in [1.82, 2.24) is 9.55 Å². The molecule has 0 radical (unpaired) electrons. The summed E-state index contributed by atoms with van der Waals surface area (Å²) in [5.41, 5.74) is 1.24. The minimum absolute atomic E-state index is 1.08. The Morgan fingerprint density at radius 1 is 1.44 bits per heavy atom. The molecule has 0 atom stereocenters. The number of aromatic nitrogens is 2. The smallest absolute Gasteiger partial charge is 0.122 e. The van der Waals surface area contributed by atoms with Gasteiger partial charge in [0.2, 0.25) is 0 Å². The molecule has 1 aromatic heterocycles. The van der Waals surface area contributed by atoms with E-state index in [2.05, 4.69) is 39.1 Å². The van der Waals surface area contributed by atoms with Gasteiger partial charge in [-0.25, -0.2) is 4.98 Å². The molecule has 1 rings (SSSR count). The fraction of sp³-hybridized carbons (Fsp3) is 0.500. The zero-order chi connectivity index (χ0) is 7.02. The molecule has 0 spiro atoms. The van der Waals surface area contributed by atoms with Crippen molar-refractivity contribution >= 4 is 22.6 Å². The molecule has 0 bridgehead atoms. The average molecular weight is 236 g/mol. The number of hydrogen-bond acceptors (Lipinski definition) is 1. The third kappa shape index (κ3) is 1.10.